The second-order valence-electron chi connectivity index (χ2n) is 6.00. The fourth-order valence-electron chi connectivity index (χ4n) is 2.82. The van der Waals surface area contributed by atoms with E-state index in [0.29, 0.717) is 0 Å². The molecule has 116 valence electrons. The van der Waals surface area contributed by atoms with Crippen LogP contribution in [0, 0.1) is 0 Å². The molecule has 3 heteroatoms. The van der Waals surface area contributed by atoms with Crippen LogP contribution in [0.15, 0.2) is 24.3 Å². The topological polar surface area (TPSA) is 38.3 Å². The van der Waals surface area contributed by atoms with Crippen LogP contribution in [-0.4, -0.2) is 18.1 Å². The predicted molar refractivity (Wildman–Crippen MR) is 85.1 cm³/mol. The van der Waals surface area contributed by atoms with Gasteiger partial charge in [-0.2, -0.15) is 0 Å². The average Bonchev–Trinajstić information content (AvgIpc) is 2.51. The van der Waals surface area contributed by atoms with Crippen molar-refractivity contribution in [2.24, 2.45) is 0 Å². The number of fused-ring (bicyclic) bond motifs is 1. The maximum atomic E-state index is 12.2. The van der Waals surface area contributed by atoms with E-state index in [-0.39, 0.29) is 18.1 Å². The van der Waals surface area contributed by atoms with Gasteiger partial charge >= 0.3 is 5.97 Å². The number of unbranched alkanes of at least 4 members (excludes halogenated alkanes) is 3. The fourth-order valence-corrected chi connectivity index (χ4v) is 2.82. The minimum Gasteiger partial charge on any atom is -0.462 e. The number of nitrogens with one attached hydrogen (secondary N) is 1. The number of hydrogen-bond donors (Lipinski definition) is 1. The van der Waals surface area contributed by atoms with E-state index in [1.165, 1.54) is 30.4 Å². The predicted octanol–water partition coefficient (Wildman–Crippen LogP) is 3.60. The zero-order chi connectivity index (χ0) is 15.1. The van der Waals surface area contributed by atoms with Gasteiger partial charge in [-0.05, 0) is 37.3 Å². The lowest BCUT2D eigenvalue weighted by atomic mass is 9.96. The van der Waals surface area contributed by atoms with Crippen LogP contribution in [0.4, 0.5) is 0 Å². The molecule has 1 N–H and O–H groups in total. The SMILES string of the molecule is CCCCCCC(C)OC(=O)[C@H]1Cc2ccccc2CN1. The molecule has 1 heterocycles. The molecule has 0 saturated heterocycles. The van der Waals surface area contributed by atoms with Crippen molar-refractivity contribution in [1.82, 2.24) is 5.32 Å². The Morgan fingerprint density at radius 2 is 2.05 bits per heavy atom. The van der Waals surface area contributed by atoms with Crippen LogP contribution < -0.4 is 5.32 Å². The molecule has 0 saturated carbocycles. The number of hydrogen-bond acceptors (Lipinski definition) is 3. The van der Waals surface area contributed by atoms with Gasteiger partial charge in [0.15, 0.2) is 0 Å². The Morgan fingerprint density at radius 1 is 1.29 bits per heavy atom. The summed E-state index contributed by atoms with van der Waals surface area (Å²) < 4.78 is 5.58. The summed E-state index contributed by atoms with van der Waals surface area (Å²) in [6, 6.07) is 8.09. The summed E-state index contributed by atoms with van der Waals surface area (Å²) in [6.45, 7) is 4.96. The van der Waals surface area contributed by atoms with Crippen molar-refractivity contribution >= 4 is 5.97 Å². The number of esters is 1. The first-order chi connectivity index (χ1) is 10.2. The van der Waals surface area contributed by atoms with Crippen LogP contribution in [0.1, 0.15) is 57.1 Å². The summed E-state index contributed by atoms with van der Waals surface area (Å²) in [6.07, 6.45) is 6.60. The Labute approximate surface area is 128 Å². The maximum Gasteiger partial charge on any atom is 0.323 e. The molecule has 0 aliphatic carbocycles. The summed E-state index contributed by atoms with van der Waals surface area (Å²) in [5.41, 5.74) is 2.54. The summed E-state index contributed by atoms with van der Waals surface area (Å²) >= 11 is 0. The third kappa shape index (κ3) is 4.85. The van der Waals surface area contributed by atoms with Crippen LogP contribution in [0.2, 0.25) is 0 Å². The largest absolute Gasteiger partial charge is 0.462 e. The van der Waals surface area contributed by atoms with E-state index >= 15 is 0 Å². The molecule has 1 aliphatic heterocycles. The van der Waals surface area contributed by atoms with E-state index in [9.17, 15) is 4.79 Å². The van der Waals surface area contributed by atoms with Gasteiger partial charge in [0.05, 0.1) is 6.10 Å². The van der Waals surface area contributed by atoms with Crippen LogP contribution >= 0.6 is 0 Å². The Kier molecular flexibility index (Phi) is 6.24. The zero-order valence-corrected chi connectivity index (χ0v) is 13.2. The first-order valence-electron chi connectivity index (χ1n) is 8.21. The number of ether oxygens (including phenoxy) is 1. The van der Waals surface area contributed by atoms with Crippen molar-refractivity contribution in [2.75, 3.05) is 0 Å². The van der Waals surface area contributed by atoms with Crippen molar-refractivity contribution in [3.05, 3.63) is 35.4 Å². The zero-order valence-electron chi connectivity index (χ0n) is 13.2. The lowest BCUT2D eigenvalue weighted by Gasteiger charge is -2.26. The summed E-state index contributed by atoms with van der Waals surface area (Å²) in [4.78, 5) is 12.2. The van der Waals surface area contributed by atoms with E-state index < -0.39 is 0 Å². The van der Waals surface area contributed by atoms with E-state index in [1.54, 1.807) is 0 Å². The van der Waals surface area contributed by atoms with Crippen molar-refractivity contribution in [1.29, 1.82) is 0 Å². The lowest BCUT2D eigenvalue weighted by Crippen LogP contribution is -2.43. The van der Waals surface area contributed by atoms with Gasteiger partial charge in [0.2, 0.25) is 0 Å². The van der Waals surface area contributed by atoms with Crippen molar-refractivity contribution < 1.29 is 9.53 Å². The van der Waals surface area contributed by atoms with Crippen molar-refractivity contribution in [3.63, 3.8) is 0 Å². The normalized spacial score (nSPS) is 18.9. The van der Waals surface area contributed by atoms with Crippen LogP contribution in [0.3, 0.4) is 0 Å². The molecule has 21 heavy (non-hydrogen) atoms. The molecule has 0 radical (unpaired) electrons. The summed E-state index contributed by atoms with van der Waals surface area (Å²) in [5.74, 6) is -0.104. The third-order valence-corrected chi connectivity index (χ3v) is 4.15. The smallest absolute Gasteiger partial charge is 0.323 e. The Balaban J connectivity index is 1.76. The maximum absolute atomic E-state index is 12.2. The van der Waals surface area contributed by atoms with Gasteiger partial charge in [-0.25, -0.2) is 0 Å². The molecule has 3 nitrogen and oxygen atoms in total. The van der Waals surface area contributed by atoms with Gasteiger partial charge in [-0.15, -0.1) is 0 Å². The molecule has 0 aromatic heterocycles. The fraction of sp³-hybridized carbons (Fsp3) is 0.611. The Hall–Kier alpha value is -1.35. The van der Waals surface area contributed by atoms with Crippen LogP contribution in [0.25, 0.3) is 0 Å². The second kappa shape index (κ2) is 8.18. The first-order valence-corrected chi connectivity index (χ1v) is 8.21. The molecule has 0 fully saturated rings. The van der Waals surface area contributed by atoms with E-state index in [0.717, 1.165) is 25.8 Å². The van der Waals surface area contributed by atoms with E-state index in [2.05, 4.69) is 24.4 Å². The highest BCUT2D eigenvalue weighted by atomic mass is 16.5. The monoisotopic (exact) mass is 289 g/mol. The van der Waals surface area contributed by atoms with E-state index in [1.807, 2.05) is 19.1 Å². The molecule has 0 amide bonds. The molecule has 2 atom stereocenters. The summed E-state index contributed by atoms with van der Waals surface area (Å²) in [7, 11) is 0. The standard InChI is InChI=1S/C18H27NO2/c1-3-4-5-6-9-14(2)21-18(20)17-12-15-10-7-8-11-16(15)13-19-17/h7-8,10-11,14,17,19H,3-6,9,12-13H2,1-2H3/t14?,17-/m1/s1. The third-order valence-electron chi connectivity index (χ3n) is 4.15. The highest BCUT2D eigenvalue weighted by molar-refractivity contribution is 5.76. The Morgan fingerprint density at radius 3 is 2.81 bits per heavy atom. The molecular weight excluding hydrogens is 262 g/mol. The van der Waals surface area contributed by atoms with Gasteiger partial charge in [-0.1, -0.05) is 50.5 Å². The highest BCUT2D eigenvalue weighted by Gasteiger charge is 2.26. The van der Waals surface area contributed by atoms with Gasteiger partial charge in [0, 0.05) is 6.54 Å². The molecule has 2 rings (SSSR count). The minimum atomic E-state index is -0.196. The van der Waals surface area contributed by atoms with Crippen LogP contribution in [-0.2, 0) is 22.5 Å². The van der Waals surface area contributed by atoms with Gasteiger partial charge in [0.1, 0.15) is 6.04 Å². The van der Waals surface area contributed by atoms with E-state index in [4.69, 9.17) is 4.74 Å². The van der Waals surface area contributed by atoms with Gasteiger partial charge < -0.3 is 10.1 Å². The molecule has 1 aliphatic rings. The van der Waals surface area contributed by atoms with Crippen LogP contribution in [0.5, 0.6) is 0 Å². The summed E-state index contributed by atoms with van der Waals surface area (Å²) in [5, 5.41) is 3.28. The first kappa shape index (κ1) is 16.0. The van der Waals surface area contributed by atoms with Gasteiger partial charge in [-0.3, -0.25) is 4.79 Å². The van der Waals surface area contributed by atoms with Gasteiger partial charge in [0.25, 0.3) is 0 Å². The molecule has 1 aromatic rings. The van der Waals surface area contributed by atoms with Crippen molar-refractivity contribution in [2.45, 2.75) is 71.1 Å². The number of carbonyl (C=O) groups excluding carboxylic acids is 1. The number of carbonyl (C=O) groups is 1. The average molecular weight is 289 g/mol. The quantitative estimate of drug-likeness (QED) is 0.615. The lowest BCUT2D eigenvalue weighted by molar-refractivity contribution is -0.151. The number of benzene rings is 1. The molecule has 1 unspecified atom stereocenters. The minimum absolute atomic E-state index is 0.0216. The molecule has 0 bridgehead atoms. The number of rotatable bonds is 7. The highest BCUT2D eigenvalue weighted by Crippen LogP contribution is 2.17. The Bertz CT molecular complexity index is 458. The molecular formula is C18H27NO2. The molecule has 0 spiro atoms. The molecule has 1 aromatic carbocycles. The van der Waals surface area contributed by atoms with Crippen molar-refractivity contribution in [3.8, 4) is 0 Å². The second-order valence-corrected chi connectivity index (χ2v) is 6.00.